The molecule has 7 nitrogen and oxygen atoms in total. The maximum absolute atomic E-state index is 15.1. The Kier molecular flexibility index (Phi) is 5.55. The zero-order valence-corrected chi connectivity index (χ0v) is 15.9. The van der Waals surface area contributed by atoms with E-state index in [1.54, 1.807) is 20.8 Å². The SMILES string of the molecule is CC(C)(C)OC(=O)N1CCCC(F)(C(=O)Nc2cc(Br)c[nH]c2=O)C1. The second-order valence-electron chi connectivity index (χ2n) is 6.99. The number of anilines is 1. The highest BCUT2D eigenvalue weighted by atomic mass is 79.9. The molecule has 1 aliphatic heterocycles. The molecule has 0 aliphatic carbocycles. The average Bonchev–Trinajstić information content (AvgIpc) is 2.49. The van der Waals surface area contributed by atoms with Gasteiger partial charge in [0.25, 0.3) is 11.5 Å². The van der Waals surface area contributed by atoms with Gasteiger partial charge in [-0.25, -0.2) is 9.18 Å². The van der Waals surface area contributed by atoms with Crippen molar-refractivity contribution in [1.82, 2.24) is 9.88 Å². The first kappa shape index (κ1) is 19.4. The first-order valence-electron chi connectivity index (χ1n) is 7.87. The molecule has 1 aliphatic rings. The van der Waals surface area contributed by atoms with E-state index < -0.39 is 35.4 Å². The molecule has 25 heavy (non-hydrogen) atoms. The summed E-state index contributed by atoms with van der Waals surface area (Å²) in [5.41, 5.74) is -3.60. The van der Waals surface area contributed by atoms with Gasteiger partial charge in [0.05, 0.1) is 6.54 Å². The second kappa shape index (κ2) is 7.15. The van der Waals surface area contributed by atoms with Crippen LogP contribution in [-0.2, 0) is 9.53 Å². The maximum atomic E-state index is 15.1. The Labute approximate surface area is 153 Å². The number of alkyl halides is 1. The van der Waals surface area contributed by atoms with Gasteiger partial charge in [-0.05, 0) is 55.6 Å². The molecule has 0 radical (unpaired) electrons. The van der Waals surface area contributed by atoms with E-state index in [1.807, 2.05) is 0 Å². The Balaban J connectivity index is 2.11. The van der Waals surface area contributed by atoms with Crippen LogP contribution in [0.5, 0.6) is 0 Å². The van der Waals surface area contributed by atoms with Gasteiger partial charge in [-0.3, -0.25) is 9.59 Å². The van der Waals surface area contributed by atoms with Crippen LogP contribution in [-0.4, -0.2) is 46.2 Å². The van der Waals surface area contributed by atoms with Crippen molar-refractivity contribution in [3.63, 3.8) is 0 Å². The normalized spacial score (nSPS) is 20.9. The number of carbonyl (C=O) groups is 2. The third kappa shape index (κ3) is 5.04. The predicted molar refractivity (Wildman–Crippen MR) is 94.3 cm³/mol. The topological polar surface area (TPSA) is 91.5 Å². The number of halogens is 2. The van der Waals surface area contributed by atoms with Gasteiger partial charge >= 0.3 is 6.09 Å². The summed E-state index contributed by atoms with van der Waals surface area (Å²) in [6, 6.07) is 1.38. The Morgan fingerprint density at radius 2 is 2.12 bits per heavy atom. The van der Waals surface area contributed by atoms with Crippen molar-refractivity contribution in [2.24, 2.45) is 0 Å². The van der Waals surface area contributed by atoms with Crippen LogP contribution in [0.4, 0.5) is 14.9 Å². The molecule has 2 N–H and O–H groups in total. The minimum absolute atomic E-state index is 0.0377. The maximum Gasteiger partial charge on any atom is 0.410 e. The first-order chi connectivity index (χ1) is 11.5. The summed E-state index contributed by atoms with van der Waals surface area (Å²) < 4.78 is 20.9. The van der Waals surface area contributed by atoms with E-state index in [2.05, 4.69) is 26.2 Å². The summed E-state index contributed by atoms with van der Waals surface area (Å²) >= 11 is 3.17. The van der Waals surface area contributed by atoms with E-state index in [4.69, 9.17) is 4.74 Å². The quantitative estimate of drug-likeness (QED) is 0.773. The Hall–Kier alpha value is -1.90. The van der Waals surface area contributed by atoms with Crippen LogP contribution in [0.2, 0.25) is 0 Å². The largest absolute Gasteiger partial charge is 0.444 e. The molecule has 1 fully saturated rings. The van der Waals surface area contributed by atoms with E-state index >= 15 is 4.39 Å². The molecule has 1 atom stereocenters. The van der Waals surface area contributed by atoms with E-state index in [9.17, 15) is 14.4 Å². The van der Waals surface area contributed by atoms with E-state index in [-0.39, 0.29) is 12.1 Å². The molecular formula is C16H21BrFN3O4. The number of hydrogen-bond acceptors (Lipinski definition) is 4. The summed E-state index contributed by atoms with van der Waals surface area (Å²) in [6.45, 7) is 5.03. The van der Waals surface area contributed by atoms with E-state index in [1.165, 1.54) is 17.2 Å². The molecule has 2 heterocycles. The van der Waals surface area contributed by atoms with Crippen LogP contribution in [0.15, 0.2) is 21.5 Å². The number of piperidine rings is 1. The van der Waals surface area contributed by atoms with Gasteiger partial charge in [-0.1, -0.05) is 0 Å². The van der Waals surface area contributed by atoms with Crippen molar-refractivity contribution in [2.75, 3.05) is 18.4 Å². The van der Waals surface area contributed by atoms with Crippen molar-refractivity contribution < 1.29 is 18.7 Å². The lowest BCUT2D eigenvalue weighted by Crippen LogP contribution is -2.54. The number of carbonyl (C=O) groups excluding carboxylic acids is 2. The fourth-order valence-corrected chi connectivity index (χ4v) is 2.81. The molecule has 0 aromatic carbocycles. The van der Waals surface area contributed by atoms with Gasteiger partial charge < -0.3 is 19.9 Å². The number of nitrogens with zero attached hydrogens (tertiary/aromatic N) is 1. The van der Waals surface area contributed by atoms with Crippen molar-refractivity contribution in [3.05, 3.63) is 27.1 Å². The number of aromatic nitrogens is 1. The lowest BCUT2D eigenvalue weighted by Gasteiger charge is -2.36. The zero-order chi connectivity index (χ0) is 18.8. The summed E-state index contributed by atoms with van der Waals surface area (Å²) in [7, 11) is 0. The molecule has 2 rings (SSSR count). The molecule has 1 aromatic heterocycles. The highest BCUT2D eigenvalue weighted by Crippen LogP contribution is 2.28. The van der Waals surface area contributed by atoms with Gasteiger partial charge in [0, 0.05) is 17.2 Å². The molecule has 1 aromatic rings. The van der Waals surface area contributed by atoms with Gasteiger partial charge in [0.2, 0.25) is 5.67 Å². The molecule has 138 valence electrons. The standard InChI is InChI=1S/C16H21BrFN3O4/c1-15(2,3)25-14(24)21-6-4-5-16(18,9-21)13(23)20-11-7-10(17)8-19-12(11)22/h7-8H,4-6,9H2,1-3H3,(H,19,22)(H,20,23). The molecular weight excluding hydrogens is 397 g/mol. The van der Waals surface area contributed by atoms with Gasteiger partial charge in [-0.15, -0.1) is 0 Å². The minimum Gasteiger partial charge on any atom is -0.444 e. The Morgan fingerprint density at radius 1 is 1.44 bits per heavy atom. The van der Waals surface area contributed by atoms with Crippen LogP contribution in [0.3, 0.4) is 0 Å². The number of pyridine rings is 1. The van der Waals surface area contributed by atoms with Crippen molar-refractivity contribution in [1.29, 1.82) is 0 Å². The fraction of sp³-hybridized carbons (Fsp3) is 0.562. The second-order valence-corrected chi connectivity index (χ2v) is 7.90. The summed E-state index contributed by atoms with van der Waals surface area (Å²) in [6.07, 6.45) is 1.03. The van der Waals surface area contributed by atoms with Crippen LogP contribution in [0.1, 0.15) is 33.6 Å². The number of hydrogen-bond donors (Lipinski definition) is 2. The first-order valence-corrected chi connectivity index (χ1v) is 8.66. The van der Waals surface area contributed by atoms with Gasteiger partial charge in [-0.2, -0.15) is 0 Å². The van der Waals surface area contributed by atoms with E-state index in [0.29, 0.717) is 17.4 Å². The van der Waals surface area contributed by atoms with Crippen molar-refractivity contribution in [3.8, 4) is 0 Å². The number of nitrogens with one attached hydrogen (secondary N) is 2. The monoisotopic (exact) mass is 417 g/mol. The van der Waals surface area contributed by atoms with Crippen LogP contribution >= 0.6 is 15.9 Å². The molecule has 0 spiro atoms. The third-order valence-electron chi connectivity index (χ3n) is 3.62. The zero-order valence-electron chi connectivity index (χ0n) is 14.3. The fourth-order valence-electron chi connectivity index (χ4n) is 2.46. The summed E-state index contributed by atoms with van der Waals surface area (Å²) in [5.74, 6) is -0.954. The number of rotatable bonds is 2. The van der Waals surface area contributed by atoms with E-state index in [0.717, 1.165) is 0 Å². The number of ether oxygens (including phenoxy) is 1. The van der Waals surface area contributed by atoms with Gasteiger partial charge in [0.15, 0.2) is 0 Å². The van der Waals surface area contributed by atoms with Crippen molar-refractivity contribution >= 4 is 33.6 Å². The van der Waals surface area contributed by atoms with Crippen LogP contribution < -0.4 is 10.9 Å². The molecule has 2 amide bonds. The molecule has 1 saturated heterocycles. The number of H-pyrrole nitrogens is 1. The average molecular weight is 418 g/mol. The van der Waals surface area contributed by atoms with Crippen LogP contribution in [0.25, 0.3) is 0 Å². The van der Waals surface area contributed by atoms with Crippen molar-refractivity contribution in [2.45, 2.75) is 44.9 Å². The molecule has 0 saturated carbocycles. The number of aromatic amines is 1. The van der Waals surface area contributed by atoms with Gasteiger partial charge in [0.1, 0.15) is 11.3 Å². The third-order valence-corrected chi connectivity index (χ3v) is 4.08. The Bertz CT molecular complexity index is 731. The highest BCUT2D eigenvalue weighted by Gasteiger charge is 2.45. The minimum atomic E-state index is -2.29. The molecule has 0 bridgehead atoms. The van der Waals surface area contributed by atoms with Crippen LogP contribution in [0, 0.1) is 0 Å². The Morgan fingerprint density at radius 3 is 2.76 bits per heavy atom. The summed E-state index contributed by atoms with van der Waals surface area (Å²) in [4.78, 5) is 39.8. The number of amides is 2. The molecule has 1 unspecified atom stereocenters. The lowest BCUT2D eigenvalue weighted by molar-refractivity contribution is -0.130. The summed E-state index contributed by atoms with van der Waals surface area (Å²) in [5, 5.41) is 2.30. The smallest absolute Gasteiger partial charge is 0.410 e. The predicted octanol–water partition coefficient (Wildman–Crippen LogP) is 2.82. The number of likely N-dealkylation sites (tertiary alicyclic amines) is 1. The highest BCUT2D eigenvalue weighted by molar-refractivity contribution is 9.10. The lowest BCUT2D eigenvalue weighted by atomic mass is 9.94. The molecule has 9 heteroatoms.